The fourth-order valence-electron chi connectivity index (χ4n) is 2.99. The molecular weight excluding hydrogens is 322 g/mol. The van der Waals surface area contributed by atoms with Crippen LogP contribution in [0.4, 0.5) is 5.13 Å². The lowest BCUT2D eigenvalue weighted by molar-refractivity contribution is -0.114. The van der Waals surface area contributed by atoms with Gasteiger partial charge in [0.15, 0.2) is 5.13 Å². The number of hydrogen-bond acceptors (Lipinski definition) is 5. The maximum absolute atomic E-state index is 12.2. The van der Waals surface area contributed by atoms with Crippen molar-refractivity contribution in [2.45, 2.75) is 19.3 Å². The van der Waals surface area contributed by atoms with E-state index in [1.165, 1.54) is 17.8 Å². The fraction of sp³-hybridized carbons (Fsp3) is 0.278. The minimum absolute atomic E-state index is 0.0202. The second-order valence-corrected chi connectivity index (χ2v) is 6.96. The quantitative estimate of drug-likeness (QED) is 0.848. The van der Waals surface area contributed by atoms with Crippen LogP contribution in [0.1, 0.15) is 24.1 Å². The Morgan fingerprint density at radius 2 is 1.96 bits per heavy atom. The van der Waals surface area contributed by atoms with E-state index in [4.69, 9.17) is 0 Å². The van der Waals surface area contributed by atoms with Gasteiger partial charge in [-0.2, -0.15) is 4.98 Å². The first-order chi connectivity index (χ1) is 11.7. The predicted octanol–water partition coefficient (Wildman–Crippen LogP) is 1.86. The highest BCUT2D eigenvalue weighted by atomic mass is 32.1. The molecular formula is C18H17N3O2S. The Kier molecular flexibility index (Phi) is 3.90. The first-order valence-electron chi connectivity index (χ1n) is 8.07. The predicted molar refractivity (Wildman–Crippen MR) is 94.5 cm³/mol. The van der Waals surface area contributed by atoms with Crippen LogP contribution in [-0.2, 0) is 4.79 Å². The van der Waals surface area contributed by atoms with E-state index in [-0.39, 0.29) is 11.8 Å². The molecule has 1 aromatic carbocycles. The van der Waals surface area contributed by atoms with Crippen molar-refractivity contribution in [3.05, 3.63) is 45.3 Å². The summed E-state index contributed by atoms with van der Waals surface area (Å²) >= 11 is 1.42. The van der Waals surface area contributed by atoms with Crippen LogP contribution in [0.15, 0.2) is 34.8 Å². The lowest BCUT2D eigenvalue weighted by Crippen LogP contribution is -2.29. The molecule has 2 aliphatic heterocycles. The Morgan fingerprint density at radius 1 is 1.17 bits per heavy atom. The van der Waals surface area contributed by atoms with Gasteiger partial charge < -0.3 is 10.0 Å². The van der Waals surface area contributed by atoms with Crippen LogP contribution in [-0.4, -0.2) is 29.1 Å². The van der Waals surface area contributed by atoms with Crippen molar-refractivity contribution < 1.29 is 9.90 Å². The van der Waals surface area contributed by atoms with Crippen molar-refractivity contribution >= 4 is 34.5 Å². The third kappa shape index (κ3) is 2.85. The number of thiazole rings is 1. The van der Waals surface area contributed by atoms with Crippen LogP contribution in [0.2, 0.25) is 0 Å². The van der Waals surface area contributed by atoms with E-state index < -0.39 is 0 Å². The molecule has 3 heterocycles. The second-order valence-electron chi connectivity index (χ2n) is 5.95. The summed E-state index contributed by atoms with van der Waals surface area (Å²) in [6, 6.07) is 7.51. The second kappa shape index (κ2) is 6.20. The summed E-state index contributed by atoms with van der Waals surface area (Å²) in [4.78, 5) is 23.4. The van der Waals surface area contributed by atoms with Crippen LogP contribution in [0.3, 0.4) is 0 Å². The number of aromatic nitrogens is 1. The average molecular weight is 339 g/mol. The van der Waals surface area contributed by atoms with Gasteiger partial charge in [-0.05, 0) is 37.5 Å². The first kappa shape index (κ1) is 15.1. The van der Waals surface area contributed by atoms with E-state index in [0.717, 1.165) is 36.3 Å². The van der Waals surface area contributed by atoms with Crippen molar-refractivity contribution in [2.75, 3.05) is 18.0 Å². The van der Waals surface area contributed by atoms with Crippen LogP contribution in [0, 0.1) is 0 Å². The summed E-state index contributed by atoms with van der Waals surface area (Å²) < 4.78 is 0. The van der Waals surface area contributed by atoms with Gasteiger partial charge in [-0.25, -0.2) is 4.99 Å². The fourth-order valence-corrected chi connectivity index (χ4v) is 3.95. The molecule has 1 N–H and O–H groups in total. The van der Waals surface area contributed by atoms with Crippen LogP contribution in [0.25, 0.3) is 12.2 Å². The summed E-state index contributed by atoms with van der Waals surface area (Å²) in [5.74, 6) is -0.311. The number of benzene rings is 1. The molecule has 0 radical (unpaired) electrons. The number of anilines is 1. The molecule has 0 bridgehead atoms. The lowest BCUT2D eigenvalue weighted by Gasteiger charge is -2.25. The minimum Gasteiger partial charge on any atom is -0.492 e. The zero-order valence-electron chi connectivity index (χ0n) is 13.1. The highest BCUT2D eigenvalue weighted by Gasteiger charge is 2.18. The number of para-hydroxylation sites is 1. The van der Waals surface area contributed by atoms with Gasteiger partial charge in [-0.3, -0.25) is 4.79 Å². The molecule has 1 fully saturated rings. The van der Waals surface area contributed by atoms with E-state index in [0.29, 0.717) is 15.8 Å². The molecule has 2 aromatic rings. The number of carbonyl (C=O) groups is 1. The molecule has 1 saturated heterocycles. The molecule has 0 aliphatic carbocycles. The lowest BCUT2D eigenvalue weighted by atomic mass is 10.1. The minimum atomic E-state index is -0.291. The van der Waals surface area contributed by atoms with Gasteiger partial charge in [0, 0.05) is 23.9 Å². The third-order valence-electron chi connectivity index (χ3n) is 4.25. The topological polar surface area (TPSA) is 65.8 Å². The van der Waals surface area contributed by atoms with Gasteiger partial charge in [0.2, 0.25) is 5.88 Å². The molecule has 6 heteroatoms. The molecule has 2 aliphatic rings. The number of carbonyl (C=O) groups excluding carboxylic acids is 1. The molecule has 0 unspecified atom stereocenters. The average Bonchev–Trinajstić information content (AvgIpc) is 2.97. The van der Waals surface area contributed by atoms with Gasteiger partial charge in [-0.1, -0.05) is 29.5 Å². The van der Waals surface area contributed by atoms with Gasteiger partial charge in [0.1, 0.15) is 0 Å². The molecule has 5 nitrogen and oxygen atoms in total. The largest absolute Gasteiger partial charge is 0.492 e. The highest BCUT2D eigenvalue weighted by molar-refractivity contribution is 7.16. The molecule has 122 valence electrons. The maximum Gasteiger partial charge on any atom is 0.277 e. The Hall–Kier alpha value is -2.47. The normalized spacial score (nSPS) is 18.9. The van der Waals surface area contributed by atoms with Crippen LogP contribution >= 0.6 is 11.3 Å². The first-order valence-corrected chi connectivity index (χ1v) is 8.89. The molecule has 0 atom stereocenters. The summed E-state index contributed by atoms with van der Waals surface area (Å²) in [5, 5.41) is 12.6. The van der Waals surface area contributed by atoms with Crippen molar-refractivity contribution in [3.63, 3.8) is 0 Å². The number of aromatic hydroxyl groups is 1. The number of rotatable bonds is 2. The summed E-state index contributed by atoms with van der Waals surface area (Å²) in [6.45, 7) is 1.94. The van der Waals surface area contributed by atoms with Crippen LogP contribution < -0.4 is 15.5 Å². The van der Waals surface area contributed by atoms with Crippen molar-refractivity contribution in [3.8, 4) is 5.88 Å². The standard InChI is InChI=1S/C18H17N3O2S/c22-16-13(10-12-6-2-3-7-14(12)19-16)11-15-17(23)20-18(24-15)21-8-4-1-5-9-21/h2-3,6-7,10-11,23H,1,4-5,8-9H2/b13-11+. The summed E-state index contributed by atoms with van der Waals surface area (Å²) in [7, 11) is 0. The van der Waals surface area contributed by atoms with Crippen molar-refractivity contribution in [1.29, 1.82) is 0 Å². The van der Waals surface area contributed by atoms with Gasteiger partial charge >= 0.3 is 0 Å². The molecule has 0 saturated carbocycles. The van der Waals surface area contributed by atoms with E-state index in [1.54, 1.807) is 6.08 Å². The number of fused-ring (bicyclic) bond motifs is 1. The Morgan fingerprint density at radius 3 is 2.79 bits per heavy atom. The molecule has 4 rings (SSSR count). The molecule has 0 spiro atoms. The third-order valence-corrected chi connectivity index (χ3v) is 5.31. The Balaban J connectivity index is 1.70. The van der Waals surface area contributed by atoms with Crippen molar-refractivity contribution in [1.82, 2.24) is 4.98 Å². The van der Waals surface area contributed by atoms with E-state index in [2.05, 4.69) is 14.9 Å². The summed E-state index contributed by atoms with van der Waals surface area (Å²) in [6.07, 6.45) is 7.04. The zero-order valence-corrected chi connectivity index (χ0v) is 13.9. The Labute approximate surface area is 143 Å². The van der Waals surface area contributed by atoms with E-state index in [9.17, 15) is 9.90 Å². The SMILES string of the molecule is O=C1N=c2ccccc2=C/C1=C\c1sc(N2CCCCC2)nc1O. The zero-order chi connectivity index (χ0) is 16.5. The molecule has 1 aromatic heterocycles. The molecule has 1 amide bonds. The smallest absolute Gasteiger partial charge is 0.277 e. The monoisotopic (exact) mass is 339 g/mol. The van der Waals surface area contributed by atoms with Gasteiger partial charge in [0.25, 0.3) is 5.91 Å². The number of hydrogen-bond donors (Lipinski definition) is 1. The number of amides is 1. The Bertz CT molecular complexity index is 939. The number of piperidine rings is 1. The van der Waals surface area contributed by atoms with Crippen molar-refractivity contribution in [2.24, 2.45) is 4.99 Å². The van der Waals surface area contributed by atoms with E-state index >= 15 is 0 Å². The highest BCUT2D eigenvalue weighted by Crippen LogP contribution is 2.34. The van der Waals surface area contributed by atoms with E-state index in [1.807, 2.05) is 30.3 Å². The van der Waals surface area contributed by atoms with Gasteiger partial charge in [0.05, 0.1) is 10.2 Å². The maximum atomic E-state index is 12.2. The molecule has 24 heavy (non-hydrogen) atoms. The number of nitrogens with zero attached hydrogens (tertiary/aromatic N) is 3. The summed E-state index contributed by atoms with van der Waals surface area (Å²) in [5.41, 5.74) is 0.470. The van der Waals surface area contributed by atoms with Crippen LogP contribution in [0.5, 0.6) is 5.88 Å². The van der Waals surface area contributed by atoms with Gasteiger partial charge in [-0.15, -0.1) is 0 Å².